The van der Waals surface area contributed by atoms with Gasteiger partial charge in [0.25, 0.3) is 0 Å². The molecule has 2 aliphatic rings. The highest BCUT2D eigenvalue weighted by Gasteiger charge is 2.60. The molecule has 0 amide bonds. The van der Waals surface area contributed by atoms with Crippen LogP contribution in [0, 0.1) is 12.8 Å². The van der Waals surface area contributed by atoms with Crippen LogP contribution in [-0.2, 0) is 5.41 Å². The molecule has 1 aromatic heterocycles. The van der Waals surface area contributed by atoms with Gasteiger partial charge in [0.2, 0.25) is 5.88 Å². The first-order valence-electron chi connectivity index (χ1n) is 7.64. The van der Waals surface area contributed by atoms with Crippen molar-refractivity contribution in [1.82, 2.24) is 4.98 Å². The molecular formula is C18H19BrN2O. The third kappa shape index (κ3) is 2.21. The summed E-state index contributed by atoms with van der Waals surface area (Å²) in [6.07, 6.45) is 1.30. The zero-order chi connectivity index (χ0) is 15.3. The fraction of sp³-hybridized carbons (Fsp3) is 0.389. The normalized spacial score (nSPS) is 26.0. The lowest BCUT2D eigenvalue weighted by Crippen LogP contribution is -2.27. The van der Waals surface area contributed by atoms with Crippen LogP contribution >= 0.6 is 15.9 Å². The summed E-state index contributed by atoms with van der Waals surface area (Å²) in [4.78, 5) is 6.99. The molecule has 2 unspecified atom stereocenters. The van der Waals surface area contributed by atoms with Crippen LogP contribution in [0.2, 0.25) is 0 Å². The molecule has 1 saturated carbocycles. The second-order valence-corrected chi connectivity index (χ2v) is 7.41. The summed E-state index contributed by atoms with van der Waals surface area (Å²) in [5, 5.41) is 0. The van der Waals surface area contributed by atoms with Crippen molar-refractivity contribution >= 4 is 21.7 Å². The van der Waals surface area contributed by atoms with Gasteiger partial charge < -0.3 is 9.64 Å². The number of halogens is 1. The average molecular weight is 359 g/mol. The fourth-order valence-electron chi connectivity index (χ4n) is 3.72. The van der Waals surface area contributed by atoms with Gasteiger partial charge in [0.15, 0.2) is 0 Å². The maximum absolute atomic E-state index is 5.29. The molecule has 2 aromatic rings. The number of anilines is 1. The molecule has 3 nitrogen and oxygen atoms in total. The Morgan fingerprint density at radius 1 is 1.27 bits per heavy atom. The summed E-state index contributed by atoms with van der Waals surface area (Å²) < 4.78 is 6.30. The number of piperidine rings is 1. The van der Waals surface area contributed by atoms with Crippen molar-refractivity contribution in [2.24, 2.45) is 5.92 Å². The van der Waals surface area contributed by atoms with E-state index in [-0.39, 0.29) is 0 Å². The van der Waals surface area contributed by atoms with Crippen LogP contribution in [0.15, 0.2) is 40.9 Å². The predicted molar refractivity (Wildman–Crippen MR) is 91.7 cm³/mol. The molecule has 0 spiro atoms. The van der Waals surface area contributed by atoms with Gasteiger partial charge in [-0.15, -0.1) is 0 Å². The lowest BCUT2D eigenvalue weighted by Gasteiger charge is -2.23. The summed E-state index contributed by atoms with van der Waals surface area (Å²) in [6, 6.07) is 13.0. The molecule has 4 heteroatoms. The number of ether oxygens (including phenoxy) is 1. The topological polar surface area (TPSA) is 25.4 Å². The zero-order valence-electron chi connectivity index (χ0n) is 12.8. The molecule has 1 aromatic carbocycles. The molecule has 22 heavy (non-hydrogen) atoms. The number of rotatable bonds is 3. The second-order valence-electron chi connectivity index (χ2n) is 6.49. The van der Waals surface area contributed by atoms with E-state index < -0.39 is 0 Å². The molecule has 4 rings (SSSR count). The van der Waals surface area contributed by atoms with E-state index in [1.807, 2.05) is 6.07 Å². The van der Waals surface area contributed by atoms with Gasteiger partial charge in [-0.2, -0.15) is 4.98 Å². The van der Waals surface area contributed by atoms with E-state index >= 15 is 0 Å². The molecule has 1 aliphatic heterocycles. The summed E-state index contributed by atoms with van der Waals surface area (Å²) in [5.74, 6) is 2.42. The summed E-state index contributed by atoms with van der Waals surface area (Å²) in [5.41, 5.74) is 3.14. The highest BCUT2D eigenvalue weighted by Crippen LogP contribution is 2.59. The van der Waals surface area contributed by atoms with Crippen molar-refractivity contribution in [1.29, 1.82) is 0 Å². The van der Waals surface area contributed by atoms with Gasteiger partial charge in [-0.25, -0.2) is 0 Å². The second kappa shape index (κ2) is 4.98. The van der Waals surface area contributed by atoms with Crippen LogP contribution in [0.5, 0.6) is 5.88 Å². The minimum atomic E-state index is 0.338. The maximum atomic E-state index is 5.29. The van der Waals surface area contributed by atoms with E-state index in [9.17, 15) is 0 Å². The Morgan fingerprint density at radius 3 is 2.77 bits per heavy atom. The zero-order valence-corrected chi connectivity index (χ0v) is 14.4. The van der Waals surface area contributed by atoms with Crippen LogP contribution in [0.1, 0.15) is 17.5 Å². The van der Waals surface area contributed by atoms with Crippen molar-refractivity contribution in [2.75, 3.05) is 25.1 Å². The average Bonchev–Trinajstić information content (AvgIpc) is 3.09. The molecule has 2 fully saturated rings. The highest BCUT2D eigenvalue weighted by atomic mass is 79.9. The molecular weight excluding hydrogens is 340 g/mol. The first kappa shape index (κ1) is 14.1. The van der Waals surface area contributed by atoms with E-state index in [2.05, 4.69) is 63.1 Å². The van der Waals surface area contributed by atoms with Crippen molar-refractivity contribution in [3.05, 3.63) is 52.0 Å². The van der Waals surface area contributed by atoms with Crippen molar-refractivity contribution in [2.45, 2.75) is 18.8 Å². The van der Waals surface area contributed by atoms with Crippen LogP contribution < -0.4 is 9.64 Å². The number of aromatic nitrogens is 1. The van der Waals surface area contributed by atoms with Crippen LogP contribution in [0.25, 0.3) is 0 Å². The minimum absolute atomic E-state index is 0.338. The van der Waals surface area contributed by atoms with Crippen LogP contribution in [0.4, 0.5) is 5.82 Å². The van der Waals surface area contributed by atoms with Crippen molar-refractivity contribution in [3.63, 3.8) is 0 Å². The molecule has 1 aliphatic carbocycles. The Hall–Kier alpha value is -1.55. The largest absolute Gasteiger partial charge is 0.481 e. The molecule has 1 saturated heterocycles. The Kier molecular flexibility index (Phi) is 3.19. The number of nitrogens with zero attached hydrogens (tertiary/aromatic N) is 2. The van der Waals surface area contributed by atoms with Crippen molar-refractivity contribution in [3.8, 4) is 5.88 Å². The molecule has 0 bridgehead atoms. The number of methoxy groups -OCH3 is 1. The molecule has 2 atom stereocenters. The minimum Gasteiger partial charge on any atom is -0.481 e. The number of hydrogen-bond donors (Lipinski definition) is 0. The van der Waals surface area contributed by atoms with E-state index in [0.717, 1.165) is 29.3 Å². The Balaban J connectivity index is 1.61. The molecule has 2 heterocycles. The quantitative estimate of drug-likeness (QED) is 0.830. The maximum Gasteiger partial charge on any atom is 0.216 e. The van der Waals surface area contributed by atoms with Gasteiger partial charge in [0, 0.05) is 29.0 Å². The smallest absolute Gasteiger partial charge is 0.216 e. The van der Waals surface area contributed by atoms with Gasteiger partial charge in [-0.3, -0.25) is 0 Å². The Morgan fingerprint density at radius 2 is 2.05 bits per heavy atom. The Bertz CT molecular complexity index is 716. The van der Waals surface area contributed by atoms with E-state index in [4.69, 9.17) is 4.74 Å². The SMILES string of the molecule is COc1cc(Br)cc(N2CC3CC3(c3ccc(C)cc3)C2)n1. The van der Waals surface area contributed by atoms with Gasteiger partial charge in [-0.05, 0) is 30.9 Å². The van der Waals surface area contributed by atoms with Crippen molar-refractivity contribution < 1.29 is 4.74 Å². The van der Waals surface area contributed by atoms with Crippen LogP contribution in [-0.4, -0.2) is 25.2 Å². The third-order valence-corrected chi connectivity index (χ3v) is 5.52. The Labute approximate surface area is 139 Å². The van der Waals surface area contributed by atoms with E-state index in [1.54, 1.807) is 7.11 Å². The number of benzene rings is 1. The molecule has 0 N–H and O–H groups in total. The highest BCUT2D eigenvalue weighted by molar-refractivity contribution is 9.10. The summed E-state index contributed by atoms with van der Waals surface area (Å²) >= 11 is 3.55. The number of fused-ring (bicyclic) bond motifs is 1. The third-order valence-electron chi connectivity index (χ3n) is 5.06. The number of aryl methyl sites for hydroxylation is 1. The summed E-state index contributed by atoms with van der Waals surface area (Å²) in [6.45, 7) is 4.28. The molecule has 114 valence electrons. The standard InChI is InChI=1S/C18H19BrN2O/c1-12-3-5-13(6-4-12)18-9-14(18)10-21(11-18)16-7-15(19)8-17(20-16)22-2/h3-8,14H,9-11H2,1-2H3. The molecule has 0 radical (unpaired) electrons. The first-order valence-corrected chi connectivity index (χ1v) is 8.44. The van der Waals surface area contributed by atoms with Gasteiger partial charge in [0.1, 0.15) is 5.82 Å². The van der Waals surface area contributed by atoms with Gasteiger partial charge in [0.05, 0.1) is 7.11 Å². The number of pyridine rings is 1. The fourth-order valence-corrected chi connectivity index (χ4v) is 4.12. The lowest BCUT2D eigenvalue weighted by atomic mass is 9.94. The van der Waals surface area contributed by atoms with Crippen LogP contribution in [0.3, 0.4) is 0 Å². The van der Waals surface area contributed by atoms with Gasteiger partial charge >= 0.3 is 0 Å². The first-order chi connectivity index (χ1) is 10.6. The lowest BCUT2D eigenvalue weighted by molar-refractivity contribution is 0.397. The van der Waals surface area contributed by atoms with E-state index in [1.165, 1.54) is 17.5 Å². The van der Waals surface area contributed by atoms with E-state index in [0.29, 0.717) is 11.3 Å². The predicted octanol–water partition coefficient (Wildman–Crippen LogP) is 3.94. The monoisotopic (exact) mass is 358 g/mol. The number of hydrogen-bond acceptors (Lipinski definition) is 3. The summed E-state index contributed by atoms with van der Waals surface area (Å²) in [7, 11) is 1.66. The van der Waals surface area contributed by atoms with Gasteiger partial charge in [-0.1, -0.05) is 45.8 Å².